The Morgan fingerprint density at radius 2 is 0.846 bits per heavy atom. The monoisotopic (exact) mass is 179 g/mol. The van der Waals surface area contributed by atoms with Crippen LogP contribution in [-0.2, 0) is 0 Å². The fourth-order valence-electron chi connectivity index (χ4n) is 3.99. The number of hydrogen-bond donors (Lipinski definition) is 0. The van der Waals surface area contributed by atoms with Gasteiger partial charge in [-0.1, -0.05) is 19.3 Å². The van der Waals surface area contributed by atoms with Crippen molar-refractivity contribution in [3.63, 3.8) is 0 Å². The fraction of sp³-hybridized carbons (Fsp3) is 1.00. The van der Waals surface area contributed by atoms with E-state index in [9.17, 15) is 0 Å². The molecular formula is C12H21N. The van der Waals surface area contributed by atoms with Crippen molar-refractivity contribution >= 4 is 0 Å². The Balaban J connectivity index is 1.82. The van der Waals surface area contributed by atoms with Crippen molar-refractivity contribution in [2.75, 3.05) is 0 Å². The van der Waals surface area contributed by atoms with Gasteiger partial charge in [0.25, 0.3) is 0 Å². The molecule has 3 saturated heterocycles. The SMILES string of the molecule is C1C[C@H]2CCC[C@H]3CCC[C@@H](C1)N32. The molecule has 1 heteroatoms. The van der Waals surface area contributed by atoms with Crippen LogP contribution in [0.1, 0.15) is 57.8 Å². The number of hydrogen-bond acceptors (Lipinski definition) is 1. The third kappa shape index (κ3) is 1.32. The van der Waals surface area contributed by atoms with Crippen molar-refractivity contribution in [3.8, 4) is 0 Å². The second kappa shape index (κ2) is 3.27. The van der Waals surface area contributed by atoms with E-state index in [0.717, 1.165) is 18.1 Å². The smallest absolute Gasteiger partial charge is 0.0101 e. The molecule has 0 atom stereocenters. The molecule has 3 fully saturated rings. The number of nitrogens with zero attached hydrogens (tertiary/aromatic N) is 1. The summed E-state index contributed by atoms with van der Waals surface area (Å²) in [5, 5.41) is 0. The molecular weight excluding hydrogens is 158 g/mol. The topological polar surface area (TPSA) is 3.24 Å². The predicted molar refractivity (Wildman–Crippen MR) is 54.8 cm³/mol. The third-order valence-corrected chi connectivity index (χ3v) is 4.49. The Morgan fingerprint density at radius 1 is 0.538 bits per heavy atom. The van der Waals surface area contributed by atoms with Gasteiger partial charge in [0.1, 0.15) is 0 Å². The van der Waals surface area contributed by atoms with Gasteiger partial charge >= 0.3 is 0 Å². The van der Waals surface area contributed by atoms with Gasteiger partial charge in [0.05, 0.1) is 0 Å². The van der Waals surface area contributed by atoms with Crippen LogP contribution in [0, 0.1) is 0 Å². The summed E-state index contributed by atoms with van der Waals surface area (Å²) in [6.45, 7) is 0. The standard InChI is InChI=1S/C12H21N/c1-4-10-6-2-8-12-9-3-7-11(5-1)13(10)12/h10-12H,1-9H2/t10-,11+,12-. The summed E-state index contributed by atoms with van der Waals surface area (Å²) in [6, 6.07) is 2.99. The first-order chi connectivity index (χ1) is 6.45. The molecule has 13 heavy (non-hydrogen) atoms. The van der Waals surface area contributed by atoms with Gasteiger partial charge in [-0.15, -0.1) is 0 Å². The molecule has 0 radical (unpaired) electrons. The van der Waals surface area contributed by atoms with E-state index in [-0.39, 0.29) is 0 Å². The Labute approximate surface area is 81.5 Å². The molecule has 1 nitrogen and oxygen atoms in total. The van der Waals surface area contributed by atoms with Crippen molar-refractivity contribution in [2.24, 2.45) is 0 Å². The Bertz CT molecular complexity index is 144. The van der Waals surface area contributed by atoms with Gasteiger partial charge in [-0.25, -0.2) is 0 Å². The van der Waals surface area contributed by atoms with E-state index < -0.39 is 0 Å². The summed E-state index contributed by atoms with van der Waals surface area (Å²) in [5.74, 6) is 0. The van der Waals surface area contributed by atoms with Crippen LogP contribution in [-0.4, -0.2) is 23.0 Å². The van der Waals surface area contributed by atoms with Crippen LogP contribution >= 0.6 is 0 Å². The highest BCUT2D eigenvalue weighted by Crippen LogP contribution is 2.40. The second-order valence-electron chi connectivity index (χ2n) is 5.20. The Kier molecular flexibility index (Phi) is 2.08. The molecule has 0 amide bonds. The van der Waals surface area contributed by atoms with Gasteiger partial charge in [-0.2, -0.15) is 0 Å². The lowest BCUT2D eigenvalue weighted by molar-refractivity contribution is -0.0253. The summed E-state index contributed by atoms with van der Waals surface area (Å²) < 4.78 is 0. The maximum atomic E-state index is 2.93. The molecule has 0 N–H and O–H groups in total. The minimum atomic E-state index is 0.998. The third-order valence-electron chi connectivity index (χ3n) is 4.49. The van der Waals surface area contributed by atoms with E-state index in [1.165, 1.54) is 57.8 Å². The lowest BCUT2D eigenvalue weighted by Crippen LogP contribution is -2.56. The lowest BCUT2D eigenvalue weighted by Gasteiger charge is -2.52. The van der Waals surface area contributed by atoms with Gasteiger partial charge in [0.2, 0.25) is 0 Å². The van der Waals surface area contributed by atoms with Gasteiger partial charge in [-0.3, -0.25) is 4.90 Å². The molecule has 0 aromatic heterocycles. The summed E-state index contributed by atoms with van der Waals surface area (Å²) in [7, 11) is 0. The largest absolute Gasteiger partial charge is 0.294 e. The zero-order valence-electron chi connectivity index (χ0n) is 8.54. The number of piperidine rings is 3. The average molecular weight is 179 g/mol. The molecule has 0 aromatic rings. The average Bonchev–Trinajstić information content (AvgIpc) is 2.19. The Morgan fingerprint density at radius 3 is 1.15 bits per heavy atom. The molecule has 3 aliphatic rings. The summed E-state index contributed by atoms with van der Waals surface area (Å²) in [4.78, 5) is 2.93. The van der Waals surface area contributed by atoms with Crippen molar-refractivity contribution in [2.45, 2.75) is 75.9 Å². The normalized spacial score (nSPS) is 45.7. The Hall–Kier alpha value is -0.0400. The van der Waals surface area contributed by atoms with E-state index in [4.69, 9.17) is 0 Å². The predicted octanol–water partition coefficient (Wildman–Crippen LogP) is 2.95. The first-order valence-electron chi connectivity index (χ1n) is 6.22. The maximum absolute atomic E-state index is 2.93. The maximum Gasteiger partial charge on any atom is 0.0101 e. The van der Waals surface area contributed by atoms with Crippen molar-refractivity contribution in [3.05, 3.63) is 0 Å². The van der Waals surface area contributed by atoms with E-state index in [2.05, 4.69) is 4.90 Å². The first kappa shape index (κ1) is 8.28. The lowest BCUT2D eigenvalue weighted by atomic mass is 9.79. The van der Waals surface area contributed by atoms with Crippen molar-refractivity contribution < 1.29 is 0 Å². The molecule has 0 saturated carbocycles. The fourth-order valence-corrected chi connectivity index (χ4v) is 3.99. The van der Waals surface area contributed by atoms with Crippen LogP contribution in [0.5, 0.6) is 0 Å². The first-order valence-corrected chi connectivity index (χ1v) is 6.22. The zero-order valence-corrected chi connectivity index (χ0v) is 8.54. The second-order valence-corrected chi connectivity index (χ2v) is 5.20. The van der Waals surface area contributed by atoms with E-state index in [1.54, 1.807) is 0 Å². The van der Waals surface area contributed by atoms with E-state index in [1.807, 2.05) is 0 Å². The highest BCUT2D eigenvalue weighted by Gasteiger charge is 2.39. The molecule has 0 spiro atoms. The molecule has 0 aromatic carbocycles. The van der Waals surface area contributed by atoms with Crippen LogP contribution in [0.3, 0.4) is 0 Å². The highest BCUT2D eigenvalue weighted by atomic mass is 15.2. The zero-order chi connectivity index (χ0) is 8.67. The minimum Gasteiger partial charge on any atom is -0.294 e. The van der Waals surface area contributed by atoms with Gasteiger partial charge in [0.15, 0.2) is 0 Å². The molecule has 0 unspecified atom stereocenters. The molecule has 3 heterocycles. The number of rotatable bonds is 0. The van der Waals surface area contributed by atoms with E-state index in [0.29, 0.717) is 0 Å². The quantitative estimate of drug-likeness (QED) is 0.552. The van der Waals surface area contributed by atoms with Crippen LogP contribution < -0.4 is 0 Å². The molecule has 3 aliphatic heterocycles. The van der Waals surface area contributed by atoms with Crippen molar-refractivity contribution in [1.29, 1.82) is 0 Å². The van der Waals surface area contributed by atoms with Gasteiger partial charge < -0.3 is 0 Å². The van der Waals surface area contributed by atoms with Crippen molar-refractivity contribution in [1.82, 2.24) is 4.90 Å². The molecule has 0 bridgehead atoms. The molecule has 74 valence electrons. The van der Waals surface area contributed by atoms with Crippen LogP contribution in [0.4, 0.5) is 0 Å². The van der Waals surface area contributed by atoms with Crippen LogP contribution in [0.2, 0.25) is 0 Å². The minimum absolute atomic E-state index is 0.998. The van der Waals surface area contributed by atoms with Crippen LogP contribution in [0.15, 0.2) is 0 Å². The van der Waals surface area contributed by atoms with Crippen LogP contribution in [0.25, 0.3) is 0 Å². The summed E-state index contributed by atoms with van der Waals surface area (Å²) in [5.41, 5.74) is 0. The molecule has 3 rings (SSSR count). The van der Waals surface area contributed by atoms with Gasteiger partial charge in [0, 0.05) is 18.1 Å². The highest BCUT2D eigenvalue weighted by molar-refractivity contribution is 4.95. The summed E-state index contributed by atoms with van der Waals surface area (Å²) >= 11 is 0. The molecule has 0 aliphatic carbocycles. The summed E-state index contributed by atoms with van der Waals surface area (Å²) in [6.07, 6.45) is 13.6. The van der Waals surface area contributed by atoms with Gasteiger partial charge in [-0.05, 0) is 38.5 Å². The van der Waals surface area contributed by atoms with E-state index >= 15 is 0 Å².